The smallest absolute Gasteiger partial charge is 0.171 e. The number of nitrogens with one attached hydrogen (secondary N) is 2. The maximum Gasteiger partial charge on any atom is 0.171 e. The summed E-state index contributed by atoms with van der Waals surface area (Å²) in [7, 11) is 4.85. The molecule has 2 aromatic carbocycles. The zero-order valence-corrected chi connectivity index (χ0v) is 14.2. The Balaban J connectivity index is 1.94. The van der Waals surface area contributed by atoms with Crippen LogP contribution in [0.25, 0.3) is 0 Å². The molecule has 0 unspecified atom stereocenters. The van der Waals surface area contributed by atoms with Crippen molar-refractivity contribution < 1.29 is 14.2 Å². The average Bonchev–Trinajstić information content (AvgIpc) is 2.60. The Bertz CT molecular complexity index is 677. The SMILES string of the molecule is COc1cccc(CNC(=S)Nc2ccc(OC)c(OC)c2)c1. The molecular weight excluding hydrogens is 312 g/mol. The van der Waals surface area contributed by atoms with Crippen LogP contribution in [-0.4, -0.2) is 26.4 Å². The number of hydrogen-bond acceptors (Lipinski definition) is 4. The third-order valence-corrected chi connectivity index (χ3v) is 3.48. The lowest BCUT2D eigenvalue weighted by Crippen LogP contribution is -2.27. The van der Waals surface area contributed by atoms with Crippen molar-refractivity contribution in [2.45, 2.75) is 6.54 Å². The van der Waals surface area contributed by atoms with Gasteiger partial charge in [-0.1, -0.05) is 12.1 Å². The Labute approximate surface area is 141 Å². The molecule has 0 spiro atoms. The van der Waals surface area contributed by atoms with E-state index in [0.29, 0.717) is 23.2 Å². The van der Waals surface area contributed by atoms with E-state index in [1.54, 1.807) is 21.3 Å². The lowest BCUT2D eigenvalue weighted by atomic mass is 10.2. The van der Waals surface area contributed by atoms with E-state index in [-0.39, 0.29) is 0 Å². The molecule has 23 heavy (non-hydrogen) atoms. The molecule has 0 heterocycles. The first-order chi connectivity index (χ1) is 11.2. The molecule has 5 nitrogen and oxygen atoms in total. The number of hydrogen-bond donors (Lipinski definition) is 2. The fourth-order valence-corrected chi connectivity index (χ4v) is 2.24. The summed E-state index contributed by atoms with van der Waals surface area (Å²) in [6.07, 6.45) is 0. The summed E-state index contributed by atoms with van der Waals surface area (Å²) in [6.45, 7) is 0.607. The molecule has 122 valence electrons. The molecular formula is C17H20N2O3S. The molecule has 6 heteroatoms. The van der Waals surface area contributed by atoms with Crippen molar-refractivity contribution >= 4 is 23.0 Å². The van der Waals surface area contributed by atoms with Gasteiger partial charge in [-0.15, -0.1) is 0 Å². The number of rotatable bonds is 6. The van der Waals surface area contributed by atoms with Gasteiger partial charge in [0.05, 0.1) is 21.3 Å². The van der Waals surface area contributed by atoms with Gasteiger partial charge in [-0.3, -0.25) is 0 Å². The van der Waals surface area contributed by atoms with E-state index in [2.05, 4.69) is 10.6 Å². The summed E-state index contributed by atoms with van der Waals surface area (Å²) in [5, 5.41) is 6.81. The van der Waals surface area contributed by atoms with Crippen molar-refractivity contribution in [2.24, 2.45) is 0 Å². The molecule has 0 atom stereocenters. The minimum Gasteiger partial charge on any atom is -0.497 e. The molecule has 0 aromatic heterocycles. The summed E-state index contributed by atoms with van der Waals surface area (Å²) in [6, 6.07) is 13.4. The van der Waals surface area contributed by atoms with Crippen LogP contribution in [0.5, 0.6) is 17.2 Å². The maximum absolute atomic E-state index is 5.31. The first-order valence-electron chi connectivity index (χ1n) is 7.06. The third kappa shape index (κ3) is 4.75. The summed E-state index contributed by atoms with van der Waals surface area (Å²) < 4.78 is 15.7. The number of benzene rings is 2. The molecule has 2 rings (SSSR count). The van der Waals surface area contributed by atoms with E-state index in [9.17, 15) is 0 Å². The van der Waals surface area contributed by atoms with E-state index in [4.69, 9.17) is 26.4 Å². The molecule has 0 aliphatic carbocycles. The van der Waals surface area contributed by atoms with Gasteiger partial charge in [-0.2, -0.15) is 0 Å². The van der Waals surface area contributed by atoms with Crippen LogP contribution in [0.4, 0.5) is 5.69 Å². The summed E-state index contributed by atoms with van der Waals surface area (Å²) in [4.78, 5) is 0. The topological polar surface area (TPSA) is 51.8 Å². The van der Waals surface area contributed by atoms with Crippen LogP contribution in [0.1, 0.15) is 5.56 Å². The van der Waals surface area contributed by atoms with Crippen molar-refractivity contribution in [1.29, 1.82) is 0 Å². The Hall–Kier alpha value is -2.47. The highest BCUT2D eigenvalue weighted by molar-refractivity contribution is 7.80. The minimum absolute atomic E-state index is 0.528. The highest BCUT2D eigenvalue weighted by atomic mass is 32.1. The van der Waals surface area contributed by atoms with Crippen molar-refractivity contribution in [3.05, 3.63) is 48.0 Å². The number of anilines is 1. The zero-order chi connectivity index (χ0) is 16.7. The van der Waals surface area contributed by atoms with Crippen LogP contribution in [0, 0.1) is 0 Å². The molecule has 2 N–H and O–H groups in total. The highest BCUT2D eigenvalue weighted by Crippen LogP contribution is 2.29. The largest absolute Gasteiger partial charge is 0.497 e. The van der Waals surface area contributed by atoms with Crippen LogP contribution in [0.3, 0.4) is 0 Å². The lowest BCUT2D eigenvalue weighted by Gasteiger charge is -2.13. The van der Waals surface area contributed by atoms with Crippen LogP contribution in [0.15, 0.2) is 42.5 Å². The van der Waals surface area contributed by atoms with Crippen LogP contribution < -0.4 is 24.8 Å². The van der Waals surface area contributed by atoms with Gasteiger partial charge in [0.1, 0.15) is 5.75 Å². The molecule has 0 aliphatic rings. The van der Waals surface area contributed by atoms with Crippen LogP contribution >= 0.6 is 12.2 Å². The van der Waals surface area contributed by atoms with Crippen LogP contribution in [-0.2, 0) is 6.54 Å². The van der Waals surface area contributed by atoms with Crippen molar-refractivity contribution in [3.8, 4) is 17.2 Å². The predicted molar refractivity (Wildman–Crippen MR) is 95.6 cm³/mol. The Morgan fingerprint density at radius 1 is 0.957 bits per heavy atom. The second kappa shape index (κ2) is 8.24. The van der Waals surface area contributed by atoms with Gasteiger partial charge in [-0.05, 0) is 42.0 Å². The van der Waals surface area contributed by atoms with Gasteiger partial charge in [0.2, 0.25) is 0 Å². The normalized spacial score (nSPS) is 9.87. The van der Waals surface area contributed by atoms with Gasteiger partial charge < -0.3 is 24.8 Å². The number of methoxy groups -OCH3 is 3. The van der Waals surface area contributed by atoms with Gasteiger partial charge in [0, 0.05) is 18.3 Å². The maximum atomic E-state index is 5.31. The average molecular weight is 332 g/mol. The minimum atomic E-state index is 0.528. The monoisotopic (exact) mass is 332 g/mol. The van der Waals surface area contributed by atoms with E-state index < -0.39 is 0 Å². The molecule has 0 aliphatic heterocycles. The first kappa shape index (κ1) is 16.9. The van der Waals surface area contributed by atoms with Crippen LogP contribution in [0.2, 0.25) is 0 Å². The standard InChI is InChI=1S/C17H20N2O3S/c1-20-14-6-4-5-12(9-14)11-18-17(23)19-13-7-8-15(21-2)16(10-13)22-3/h4-10H,11H2,1-3H3,(H2,18,19,23). The first-order valence-corrected chi connectivity index (χ1v) is 7.47. The molecule has 0 radical (unpaired) electrons. The molecule has 2 aromatic rings. The van der Waals surface area contributed by atoms with E-state index in [1.165, 1.54) is 0 Å². The van der Waals surface area contributed by atoms with Gasteiger partial charge >= 0.3 is 0 Å². The fraction of sp³-hybridized carbons (Fsp3) is 0.235. The number of thiocarbonyl (C=S) groups is 1. The molecule has 0 bridgehead atoms. The summed E-state index contributed by atoms with van der Waals surface area (Å²) in [5.74, 6) is 2.14. The van der Waals surface area contributed by atoms with E-state index >= 15 is 0 Å². The van der Waals surface area contributed by atoms with Crippen molar-refractivity contribution in [3.63, 3.8) is 0 Å². The summed E-state index contributed by atoms with van der Waals surface area (Å²) in [5.41, 5.74) is 1.91. The highest BCUT2D eigenvalue weighted by Gasteiger charge is 2.05. The predicted octanol–water partition coefficient (Wildman–Crippen LogP) is 3.20. The molecule has 0 saturated heterocycles. The van der Waals surface area contributed by atoms with Gasteiger partial charge in [-0.25, -0.2) is 0 Å². The zero-order valence-electron chi connectivity index (χ0n) is 13.4. The van der Waals surface area contributed by atoms with Gasteiger partial charge in [0.15, 0.2) is 16.6 Å². The quantitative estimate of drug-likeness (QED) is 0.792. The number of ether oxygens (including phenoxy) is 3. The van der Waals surface area contributed by atoms with Gasteiger partial charge in [0.25, 0.3) is 0 Å². The second-order valence-electron chi connectivity index (χ2n) is 4.73. The second-order valence-corrected chi connectivity index (χ2v) is 5.14. The molecule has 0 fully saturated rings. The molecule has 0 saturated carbocycles. The summed E-state index contributed by atoms with van der Waals surface area (Å²) >= 11 is 5.31. The van der Waals surface area contributed by atoms with Crippen molar-refractivity contribution in [1.82, 2.24) is 5.32 Å². The Morgan fingerprint density at radius 3 is 2.43 bits per heavy atom. The Morgan fingerprint density at radius 2 is 1.74 bits per heavy atom. The van der Waals surface area contributed by atoms with E-state index in [1.807, 2.05) is 42.5 Å². The fourth-order valence-electron chi connectivity index (χ4n) is 2.05. The third-order valence-electron chi connectivity index (χ3n) is 3.23. The lowest BCUT2D eigenvalue weighted by molar-refractivity contribution is 0.355. The van der Waals surface area contributed by atoms with E-state index in [0.717, 1.165) is 17.0 Å². The molecule has 0 amide bonds. The Kier molecular flexibility index (Phi) is 6.05. The van der Waals surface area contributed by atoms with Crippen molar-refractivity contribution in [2.75, 3.05) is 26.6 Å².